The van der Waals surface area contributed by atoms with Crippen LogP contribution in [0.5, 0.6) is 0 Å². The predicted octanol–water partition coefficient (Wildman–Crippen LogP) is -1.94. The molecule has 1 amide bonds. The Morgan fingerprint density at radius 2 is 2.05 bits per heavy atom. The minimum Gasteiger partial charge on any atom is -0.477 e. The van der Waals surface area contributed by atoms with Gasteiger partial charge in [0.1, 0.15) is 18.3 Å². The van der Waals surface area contributed by atoms with E-state index in [4.69, 9.17) is 14.6 Å². The highest BCUT2D eigenvalue weighted by Crippen LogP contribution is 2.36. The summed E-state index contributed by atoms with van der Waals surface area (Å²) in [5.41, 5.74) is 0. The molecule has 0 spiro atoms. The number of carbonyl (C=O) groups excluding carboxylic acids is 1. The Morgan fingerprint density at radius 3 is 2.45 bits per heavy atom. The number of nitrogens with one attached hydrogen (secondary N) is 1. The summed E-state index contributed by atoms with van der Waals surface area (Å²) in [7, 11) is 1.16. The van der Waals surface area contributed by atoms with Crippen molar-refractivity contribution in [3.63, 3.8) is 0 Å². The molecule has 6 atom stereocenters. The first-order chi connectivity index (χ1) is 10.2. The van der Waals surface area contributed by atoms with Gasteiger partial charge in [0.15, 0.2) is 0 Å². The van der Waals surface area contributed by atoms with E-state index in [-0.39, 0.29) is 6.42 Å². The van der Waals surface area contributed by atoms with Crippen LogP contribution in [0.25, 0.3) is 0 Å². The lowest BCUT2D eigenvalue weighted by molar-refractivity contribution is -0.297. The number of carbonyl (C=O) groups is 2. The molecule has 1 aliphatic heterocycles. The molecular weight excluding hydrogens is 298 g/mol. The third-order valence-corrected chi connectivity index (χ3v) is 3.83. The number of aliphatic hydroxyl groups is 3. The van der Waals surface area contributed by atoms with E-state index >= 15 is 0 Å². The van der Waals surface area contributed by atoms with Crippen molar-refractivity contribution in [2.45, 2.75) is 50.4 Å². The van der Waals surface area contributed by atoms with Gasteiger partial charge in [0, 0.05) is 20.5 Å². The molecule has 0 saturated carbocycles. The van der Waals surface area contributed by atoms with E-state index in [2.05, 4.69) is 5.32 Å². The van der Waals surface area contributed by atoms with E-state index in [1.807, 2.05) is 0 Å². The SMILES string of the molecule is CO[C@@]1(C(=O)O)C[C@@H](C)[C@@H](NC(C)=O)[C@H]([C@H](O)[C@H](O)CO)O1. The smallest absolute Gasteiger partial charge is 0.364 e. The molecular formula is C13H23NO8. The number of hydrogen-bond donors (Lipinski definition) is 5. The third kappa shape index (κ3) is 3.73. The molecule has 5 N–H and O–H groups in total. The topological polar surface area (TPSA) is 146 Å². The maximum absolute atomic E-state index is 11.5. The van der Waals surface area contributed by atoms with Crippen LogP contribution in [0.1, 0.15) is 20.3 Å². The van der Waals surface area contributed by atoms with Crippen LogP contribution < -0.4 is 5.32 Å². The maximum Gasteiger partial charge on any atom is 0.364 e. The van der Waals surface area contributed by atoms with Crippen molar-refractivity contribution in [1.29, 1.82) is 0 Å². The number of carboxylic acid groups (broad SMARTS) is 1. The lowest BCUT2D eigenvalue weighted by Crippen LogP contribution is -2.65. The minimum atomic E-state index is -1.99. The lowest BCUT2D eigenvalue weighted by atomic mass is 9.83. The third-order valence-electron chi connectivity index (χ3n) is 3.83. The number of rotatable bonds is 6. The average molecular weight is 321 g/mol. The van der Waals surface area contributed by atoms with Crippen molar-refractivity contribution in [2.75, 3.05) is 13.7 Å². The first-order valence-corrected chi connectivity index (χ1v) is 6.89. The largest absolute Gasteiger partial charge is 0.477 e. The van der Waals surface area contributed by atoms with Crippen molar-refractivity contribution in [1.82, 2.24) is 5.32 Å². The fourth-order valence-corrected chi connectivity index (χ4v) is 2.64. The summed E-state index contributed by atoms with van der Waals surface area (Å²) in [5.74, 6) is -4.18. The van der Waals surface area contributed by atoms with Gasteiger partial charge in [-0.1, -0.05) is 6.92 Å². The molecule has 0 radical (unpaired) electrons. The molecule has 9 nitrogen and oxygen atoms in total. The molecule has 0 aromatic rings. The Kier molecular flexibility index (Phi) is 6.27. The van der Waals surface area contributed by atoms with Gasteiger partial charge in [0.2, 0.25) is 5.91 Å². The Balaban J connectivity index is 3.14. The summed E-state index contributed by atoms with van der Waals surface area (Å²) < 4.78 is 10.4. The molecule has 0 unspecified atom stereocenters. The summed E-state index contributed by atoms with van der Waals surface area (Å²) in [5, 5.41) is 40.6. The quantitative estimate of drug-likeness (QED) is 0.380. The van der Waals surface area contributed by atoms with E-state index in [9.17, 15) is 24.9 Å². The summed E-state index contributed by atoms with van der Waals surface area (Å²) in [4.78, 5) is 22.8. The van der Waals surface area contributed by atoms with Crippen LogP contribution in [0.15, 0.2) is 0 Å². The predicted molar refractivity (Wildman–Crippen MR) is 72.7 cm³/mol. The number of ether oxygens (including phenoxy) is 2. The molecule has 128 valence electrons. The summed E-state index contributed by atoms with van der Waals surface area (Å²) in [6.07, 6.45) is -4.46. The molecule has 22 heavy (non-hydrogen) atoms. The first kappa shape index (κ1) is 18.8. The number of aliphatic hydroxyl groups excluding tert-OH is 3. The van der Waals surface area contributed by atoms with Crippen molar-refractivity contribution in [2.24, 2.45) is 5.92 Å². The van der Waals surface area contributed by atoms with Crippen LogP contribution in [0.4, 0.5) is 0 Å². The van der Waals surface area contributed by atoms with Crippen molar-refractivity contribution in [3.8, 4) is 0 Å². The number of methoxy groups -OCH3 is 1. The van der Waals surface area contributed by atoms with E-state index in [1.165, 1.54) is 6.92 Å². The molecule has 0 bridgehead atoms. The molecule has 1 saturated heterocycles. The number of aliphatic carboxylic acids is 1. The van der Waals surface area contributed by atoms with Crippen LogP contribution in [-0.2, 0) is 19.1 Å². The summed E-state index contributed by atoms with van der Waals surface area (Å²) in [6, 6.07) is -0.740. The van der Waals surface area contributed by atoms with Crippen LogP contribution >= 0.6 is 0 Å². The van der Waals surface area contributed by atoms with E-state index in [0.717, 1.165) is 7.11 Å². The zero-order chi connectivity index (χ0) is 17.1. The van der Waals surface area contributed by atoms with Gasteiger partial charge >= 0.3 is 5.97 Å². The Hall–Kier alpha value is -1.26. The monoisotopic (exact) mass is 321 g/mol. The fourth-order valence-electron chi connectivity index (χ4n) is 2.64. The standard InChI is InChI=1S/C13H23NO8/c1-6-4-13(21-3,12(19)20)22-11(9(6)14-7(2)16)10(18)8(17)5-15/h6,8-11,15,17-18H,4-5H2,1-3H3,(H,14,16)(H,19,20)/t6-,8-,9-,10-,11-,13+/m1/s1. The van der Waals surface area contributed by atoms with Gasteiger partial charge in [0.25, 0.3) is 5.79 Å². The van der Waals surface area contributed by atoms with Crippen molar-refractivity contribution < 1.29 is 39.5 Å². The Morgan fingerprint density at radius 1 is 1.45 bits per heavy atom. The second kappa shape index (κ2) is 7.34. The average Bonchev–Trinajstić information content (AvgIpc) is 2.46. The fraction of sp³-hybridized carbons (Fsp3) is 0.846. The highest BCUT2D eigenvalue weighted by Gasteiger charge is 2.54. The molecule has 1 heterocycles. The lowest BCUT2D eigenvalue weighted by Gasteiger charge is -2.46. The van der Waals surface area contributed by atoms with E-state index < -0.39 is 54.5 Å². The van der Waals surface area contributed by atoms with Crippen LogP contribution in [0, 0.1) is 5.92 Å². The van der Waals surface area contributed by atoms with Gasteiger partial charge in [-0.2, -0.15) is 0 Å². The zero-order valence-electron chi connectivity index (χ0n) is 12.7. The number of amides is 1. The number of carboxylic acids is 1. The molecule has 9 heteroatoms. The molecule has 0 aromatic carbocycles. The molecule has 0 aliphatic carbocycles. The normalized spacial score (nSPS) is 34.7. The van der Waals surface area contributed by atoms with Gasteiger partial charge in [-0.15, -0.1) is 0 Å². The molecule has 1 aliphatic rings. The second-order valence-corrected chi connectivity index (χ2v) is 5.49. The maximum atomic E-state index is 11.5. The van der Waals surface area contributed by atoms with Crippen molar-refractivity contribution in [3.05, 3.63) is 0 Å². The van der Waals surface area contributed by atoms with Gasteiger partial charge in [0.05, 0.1) is 12.6 Å². The zero-order valence-corrected chi connectivity index (χ0v) is 12.7. The van der Waals surface area contributed by atoms with Gasteiger partial charge in [-0.3, -0.25) is 4.79 Å². The molecule has 1 rings (SSSR count). The minimum absolute atomic E-state index is 0.0534. The van der Waals surface area contributed by atoms with Crippen LogP contribution in [0.2, 0.25) is 0 Å². The van der Waals surface area contributed by atoms with Gasteiger partial charge in [-0.05, 0) is 5.92 Å². The van der Waals surface area contributed by atoms with Crippen LogP contribution in [-0.4, -0.2) is 76.2 Å². The van der Waals surface area contributed by atoms with E-state index in [0.29, 0.717) is 0 Å². The highest BCUT2D eigenvalue weighted by atomic mass is 16.7. The second-order valence-electron chi connectivity index (χ2n) is 5.49. The van der Waals surface area contributed by atoms with Crippen molar-refractivity contribution >= 4 is 11.9 Å². The summed E-state index contributed by atoms with van der Waals surface area (Å²) >= 11 is 0. The first-order valence-electron chi connectivity index (χ1n) is 6.89. The number of hydrogen-bond acceptors (Lipinski definition) is 7. The molecule has 1 fully saturated rings. The Labute approximate surface area is 127 Å². The highest BCUT2D eigenvalue weighted by molar-refractivity contribution is 5.76. The Bertz CT molecular complexity index is 417. The summed E-state index contributed by atoms with van der Waals surface area (Å²) in [6.45, 7) is 2.20. The van der Waals surface area contributed by atoms with Crippen LogP contribution in [0.3, 0.4) is 0 Å². The van der Waals surface area contributed by atoms with Gasteiger partial charge < -0.3 is 35.2 Å². The van der Waals surface area contributed by atoms with Gasteiger partial charge in [-0.25, -0.2) is 4.79 Å². The van der Waals surface area contributed by atoms with E-state index in [1.54, 1.807) is 6.92 Å². The molecule has 0 aromatic heterocycles.